The summed E-state index contributed by atoms with van der Waals surface area (Å²) >= 11 is 0. The average Bonchev–Trinajstić information content (AvgIpc) is 2.61. The van der Waals surface area contributed by atoms with E-state index in [1.807, 2.05) is 48.5 Å². The summed E-state index contributed by atoms with van der Waals surface area (Å²) in [6.45, 7) is 4.47. The highest BCUT2D eigenvalue weighted by Crippen LogP contribution is 2.36. The molecule has 1 atom stereocenters. The van der Waals surface area contributed by atoms with Crippen LogP contribution in [0.15, 0.2) is 48.5 Å². The van der Waals surface area contributed by atoms with Gasteiger partial charge in [-0.2, -0.15) is 0 Å². The Morgan fingerprint density at radius 3 is 2.75 bits per heavy atom. The molecule has 4 nitrogen and oxygen atoms in total. The zero-order chi connectivity index (χ0) is 17.0. The van der Waals surface area contributed by atoms with Gasteiger partial charge in [0.15, 0.2) is 0 Å². The summed E-state index contributed by atoms with van der Waals surface area (Å²) in [7, 11) is 0. The van der Waals surface area contributed by atoms with Crippen molar-refractivity contribution in [3.05, 3.63) is 59.7 Å². The fourth-order valence-corrected chi connectivity index (χ4v) is 2.78. The number of ether oxygens (including phenoxy) is 3. The predicted molar refractivity (Wildman–Crippen MR) is 91.2 cm³/mol. The Labute approximate surface area is 142 Å². The van der Waals surface area contributed by atoms with Gasteiger partial charge in [0.25, 0.3) is 0 Å². The van der Waals surface area contributed by atoms with Crippen molar-refractivity contribution in [2.75, 3.05) is 6.61 Å². The highest BCUT2D eigenvalue weighted by Gasteiger charge is 2.40. The summed E-state index contributed by atoms with van der Waals surface area (Å²) in [6, 6.07) is 15.8. The largest absolute Gasteiger partial charge is 0.489 e. The number of hydrogen-bond acceptors (Lipinski definition) is 4. The van der Waals surface area contributed by atoms with E-state index < -0.39 is 5.60 Å². The number of fused-ring (bicyclic) bond motifs is 1. The second-order valence-electron chi connectivity index (χ2n) is 6.10. The van der Waals surface area contributed by atoms with E-state index in [9.17, 15) is 4.79 Å². The van der Waals surface area contributed by atoms with Gasteiger partial charge in [-0.15, -0.1) is 0 Å². The molecule has 0 radical (unpaired) electrons. The lowest BCUT2D eigenvalue weighted by Gasteiger charge is -2.33. The van der Waals surface area contributed by atoms with Crippen LogP contribution in [0, 0.1) is 0 Å². The Morgan fingerprint density at radius 1 is 1.21 bits per heavy atom. The van der Waals surface area contributed by atoms with Gasteiger partial charge in [-0.05, 0) is 49.6 Å². The van der Waals surface area contributed by atoms with Crippen LogP contribution < -0.4 is 9.47 Å². The predicted octanol–water partition coefficient (Wildman–Crippen LogP) is 3.91. The van der Waals surface area contributed by atoms with Crippen LogP contribution in [0.4, 0.5) is 0 Å². The van der Waals surface area contributed by atoms with Gasteiger partial charge < -0.3 is 14.2 Å². The molecule has 1 aliphatic heterocycles. The molecule has 0 unspecified atom stereocenters. The first-order chi connectivity index (χ1) is 11.6. The molecule has 0 bridgehead atoms. The van der Waals surface area contributed by atoms with Crippen LogP contribution in [0.3, 0.4) is 0 Å². The van der Waals surface area contributed by atoms with Crippen molar-refractivity contribution in [3.63, 3.8) is 0 Å². The van der Waals surface area contributed by atoms with E-state index in [4.69, 9.17) is 14.2 Å². The molecule has 1 aliphatic rings. The van der Waals surface area contributed by atoms with Crippen LogP contribution in [0.2, 0.25) is 0 Å². The molecule has 4 heteroatoms. The molecule has 2 aromatic rings. The first-order valence-corrected chi connectivity index (χ1v) is 8.26. The third kappa shape index (κ3) is 3.53. The standard InChI is InChI=1S/C20H22O4/c1-3-22-19(21)20(2)12-11-16-13-17(9-10-18(16)24-20)23-14-15-7-5-4-6-8-15/h4-10,13H,3,11-12,14H2,1-2H3/t20-/m1/s1. The molecule has 0 aliphatic carbocycles. The number of aryl methyl sites for hydroxylation is 1. The molecule has 0 fully saturated rings. The molecule has 0 spiro atoms. The number of esters is 1. The zero-order valence-corrected chi connectivity index (χ0v) is 14.1. The average molecular weight is 326 g/mol. The Kier molecular flexibility index (Phi) is 4.74. The monoisotopic (exact) mass is 326 g/mol. The van der Waals surface area contributed by atoms with Crippen molar-refractivity contribution in [3.8, 4) is 11.5 Å². The number of hydrogen-bond donors (Lipinski definition) is 0. The molecule has 1 heterocycles. The van der Waals surface area contributed by atoms with Gasteiger partial charge in [0, 0.05) is 6.42 Å². The van der Waals surface area contributed by atoms with E-state index in [2.05, 4.69) is 0 Å². The van der Waals surface area contributed by atoms with Crippen LogP contribution in [0.25, 0.3) is 0 Å². The molecule has 126 valence electrons. The highest BCUT2D eigenvalue weighted by atomic mass is 16.6. The van der Waals surface area contributed by atoms with Gasteiger partial charge in [0.2, 0.25) is 5.60 Å². The maximum absolute atomic E-state index is 12.1. The minimum Gasteiger partial charge on any atom is -0.489 e. The van der Waals surface area contributed by atoms with E-state index in [1.54, 1.807) is 13.8 Å². The molecule has 0 N–H and O–H groups in total. The minimum absolute atomic E-state index is 0.306. The minimum atomic E-state index is -0.907. The Morgan fingerprint density at radius 2 is 2.00 bits per heavy atom. The lowest BCUT2D eigenvalue weighted by molar-refractivity contribution is -0.161. The molecule has 0 saturated heterocycles. The normalized spacial score (nSPS) is 19.1. The summed E-state index contributed by atoms with van der Waals surface area (Å²) in [6.07, 6.45) is 1.36. The maximum atomic E-state index is 12.1. The molecule has 0 aromatic heterocycles. The molecule has 0 saturated carbocycles. The quantitative estimate of drug-likeness (QED) is 0.782. The van der Waals surface area contributed by atoms with E-state index in [0.717, 1.165) is 29.0 Å². The summed E-state index contributed by atoms with van der Waals surface area (Å²) in [4.78, 5) is 12.1. The number of carbonyl (C=O) groups is 1. The lowest BCUT2D eigenvalue weighted by atomic mass is 9.92. The Balaban J connectivity index is 1.68. The first-order valence-electron chi connectivity index (χ1n) is 8.26. The van der Waals surface area contributed by atoms with E-state index >= 15 is 0 Å². The number of rotatable bonds is 5. The third-order valence-electron chi connectivity index (χ3n) is 4.19. The van der Waals surface area contributed by atoms with Crippen molar-refractivity contribution < 1.29 is 19.0 Å². The van der Waals surface area contributed by atoms with Gasteiger partial charge in [-0.1, -0.05) is 30.3 Å². The van der Waals surface area contributed by atoms with Gasteiger partial charge >= 0.3 is 5.97 Å². The Hall–Kier alpha value is -2.49. The van der Waals surface area contributed by atoms with Crippen molar-refractivity contribution in [2.24, 2.45) is 0 Å². The van der Waals surface area contributed by atoms with Crippen molar-refractivity contribution in [1.29, 1.82) is 0 Å². The SMILES string of the molecule is CCOC(=O)[C@@]1(C)CCc2cc(OCc3ccccc3)ccc2O1. The number of carbonyl (C=O) groups excluding carboxylic acids is 1. The fraction of sp³-hybridized carbons (Fsp3) is 0.350. The molecular formula is C20H22O4. The maximum Gasteiger partial charge on any atom is 0.350 e. The summed E-state index contributed by atoms with van der Waals surface area (Å²) < 4.78 is 16.9. The van der Waals surface area contributed by atoms with E-state index in [0.29, 0.717) is 19.6 Å². The van der Waals surface area contributed by atoms with Crippen LogP contribution >= 0.6 is 0 Å². The number of benzene rings is 2. The molecule has 3 rings (SSSR count). The Bertz CT molecular complexity index is 711. The van der Waals surface area contributed by atoms with Gasteiger partial charge in [-0.3, -0.25) is 0 Å². The zero-order valence-electron chi connectivity index (χ0n) is 14.1. The topological polar surface area (TPSA) is 44.8 Å². The molecule has 24 heavy (non-hydrogen) atoms. The van der Waals surface area contributed by atoms with Crippen molar-refractivity contribution >= 4 is 5.97 Å². The smallest absolute Gasteiger partial charge is 0.350 e. The second kappa shape index (κ2) is 6.95. The van der Waals surface area contributed by atoms with Crippen molar-refractivity contribution in [2.45, 2.75) is 38.9 Å². The summed E-state index contributed by atoms with van der Waals surface area (Å²) in [5.74, 6) is 1.23. The highest BCUT2D eigenvalue weighted by molar-refractivity contribution is 5.80. The molecule has 2 aromatic carbocycles. The first kappa shape index (κ1) is 16.4. The summed E-state index contributed by atoms with van der Waals surface area (Å²) in [5, 5.41) is 0. The second-order valence-corrected chi connectivity index (χ2v) is 6.10. The van der Waals surface area contributed by atoms with Gasteiger partial charge in [0.05, 0.1) is 6.61 Å². The van der Waals surface area contributed by atoms with Crippen LogP contribution in [0.1, 0.15) is 31.4 Å². The molecular weight excluding hydrogens is 304 g/mol. The third-order valence-corrected chi connectivity index (χ3v) is 4.19. The fourth-order valence-electron chi connectivity index (χ4n) is 2.78. The van der Waals surface area contributed by atoms with E-state index in [1.165, 1.54) is 0 Å². The van der Waals surface area contributed by atoms with Crippen LogP contribution in [0.5, 0.6) is 11.5 Å². The molecule has 0 amide bonds. The van der Waals surface area contributed by atoms with Crippen molar-refractivity contribution in [1.82, 2.24) is 0 Å². The lowest BCUT2D eigenvalue weighted by Crippen LogP contribution is -2.45. The van der Waals surface area contributed by atoms with Crippen LogP contribution in [-0.4, -0.2) is 18.2 Å². The van der Waals surface area contributed by atoms with E-state index in [-0.39, 0.29) is 5.97 Å². The van der Waals surface area contributed by atoms with Crippen LogP contribution in [-0.2, 0) is 22.6 Å². The van der Waals surface area contributed by atoms with Gasteiger partial charge in [-0.25, -0.2) is 4.79 Å². The van der Waals surface area contributed by atoms with Gasteiger partial charge in [0.1, 0.15) is 18.1 Å². The summed E-state index contributed by atoms with van der Waals surface area (Å²) in [5.41, 5.74) is 1.28.